The maximum atomic E-state index is 14.1. The number of nitrogens with two attached hydrogens (primary N) is 1. The molecule has 1 aliphatic rings. The van der Waals surface area contributed by atoms with Crippen LogP contribution in [0.5, 0.6) is 5.75 Å². The fraction of sp³-hybridized carbons (Fsp3) is 0.417. The number of fused-ring (bicyclic) bond motifs is 1. The molecule has 2 heterocycles. The van der Waals surface area contributed by atoms with Crippen LogP contribution in [-0.4, -0.2) is 65.6 Å². The van der Waals surface area contributed by atoms with Gasteiger partial charge in [-0.3, -0.25) is 9.48 Å². The molecule has 1 saturated heterocycles. The number of hydrogen-bond donors (Lipinski definition) is 2. The van der Waals surface area contributed by atoms with E-state index in [9.17, 15) is 22.7 Å². The molecule has 3 atom stereocenters. The van der Waals surface area contributed by atoms with Crippen LogP contribution in [0, 0.1) is 5.82 Å². The molecule has 2 aromatic carbocycles. The monoisotopic (exact) mass is 520 g/mol. The molecule has 3 N–H and O–H groups in total. The van der Waals surface area contributed by atoms with Crippen molar-refractivity contribution in [2.24, 2.45) is 5.73 Å². The Bertz CT molecular complexity index is 1360. The highest BCUT2D eigenvalue weighted by Gasteiger charge is 2.44. The van der Waals surface area contributed by atoms with E-state index in [2.05, 4.69) is 5.10 Å². The molecule has 0 aliphatic carbocycles. The van der Waals surface area contributed by atoms with Crippen LogP contribution in [0.15, 0.2) is 47.4 Å². The van der Waals surface area contributed by atoms with Gasteiger partial charge in [-0.1, -0.05) is 0 Å². The molecule has 4 rings (SSSR count). The number of nitrogens with zero attached hydrogens (tertiary/aromatic N) is 3. The van der Waals surface area contributed by atoms with Gasteiger partial charge in [-0.2, -0.15) is 9.40 Å². The summed E-state index contributed by atoms with van der Waals surface area (Å²) in [6, 6.07) is 8.86. The molecule has 0 spiro atoms. The first kappa shape index (κ1) is 26.0. The quantitative estimate of drug-likeness (QED) is 0.411. The van der Waals surface area contributed by atoms with E-state index in [-0.39, 0.29) is 36.1 Å². The molecular weight excluding hydrogens is 491 g/mol. The highest BCUT2D eigenvalue weighted by Crippen LogP contribution is 2.36. The summed E-state index contributed by atoms with van der Waals surface area (Å²) in [5.74, 6) is -1.04. The van der Waals surface area contributed by atoms with Gasteiger partial charge in [0.05, 0.1) is 40.7 Å². The first-order valence-electron chi connectivity index (χ1n) is 11.5. The average Bonchev–Trinajstić information content (AvgIpc) is 3.40. The Labute approximate surface area is 208 Å². The predicted molar refractivity (Wildman–Crippen MR) is 130 cm³/mol. The van der Waals surface area contributed by atoms with Crippen molar-refractivity contribution in [3.8, 4) is 5.75 Å². The van der Waals surface area contributed by atoms with E-state index >= 15 is 0 Å². The molecule has 1 aromatic heterocycles. The summed E-state index contributed by atoms with van der Waals surface area (Å²) in [7, 11) is -2.60. The van der Waals surface area contributed by atoms with Gasteiger partial charge in [0, 0.05) is 19.0 Å². The van der Waals surface area contributed by atoms with Gasteiger partial charge in [0.25, 0.3) is 0 Å². The normalized spacial score (nSPS) is 19.7. The molecule has 36 heavy (non-hydrogen) atoms. The molecule has 3 aromatic rings. The van der Waals surface area contributed by atoms with Crippen molar-refractivity contribution in [2.45, 2.75) is 56.0 Å². The molecule has 1 unspecified atom stereocenters. The van der Waals surface area contributed by atoms with E-state index in [1.54, 1.807) is 12.1 Å². The summed E-state index contributed by atoms with van der Waals surface area (Å²) in [6.07, 6.45) is -1.10. The van der Waals surface area contributed by atoms with Crippen molar-refractivity contribution in [2.75, 3.05) is 13.7 Å². The minimum Gasteiger partial charge on any atom is -0.491 e. The largest absolute Gasteiger partial charge is 0.491 e. The number of sulfonamides is 1. The summed E-state index contributed by atoms with van der Waals surface area (Å²) < 4.78 is 55.1. The second-order valence-electron chi connectivity index (χ2n) is 8.99. The summed E-state index contributed by atoms with van der Waals surface area (Å²) in [5.41, 5.74) is 6.81. The third-order valence-electron chi connectivity index (χ3n) is 6.14. The lowest BCUT2D eigenvalue weighted by Crippen LogP contribution is -2.47. The summed E-state index contributed by atoms with van der Waals surface area (Å²) in [5, 5.41) is 14.2. The third kappa shape index (κ3) is 5.07. The number of benzene rings is 2. The first-order chi connectivity index (χ1) is 17.0. The van der Waals surface area contributed by atoms with Gasteiger partial charge < -0.3 is 20.3 Å². The zero-order valence-corrected chi connectivity index (χ0v) is 21.0. The van der Waals surface area contributed by atoms with Crippen LogP contribution >= 0.6 is 0 Å². The molecule has 194 valence electrons. The van der Waals surface area contributed by atoms with Crippen LogP contribution in [0.25, 0.3) is 10.9 Å². The van der Waals surface area contributed by atoms with E-state index in [0.29, 0.717) is 16.7 Å². The SMILES string of the molecule is COC(N)[C@@H]1C[C@@H](n2nc(CC(=O)O)c3ccc(F)cc32)CN1S(=O)(=O)c1ccc(OC(C)C)cc1. The second-order valence-corrected chi connectivity index (χ2v) is 10.9. The fourth-order valence-corrected chi connectivity index (χ4v) is 6.23. The number of hydrogen-bond acceptors (Lipinski definition) is 7. The number of carboxylic acids is 1. The molecule has 0 saturated carbocycles. The standard InChI is InChI=1S/C24H29FN4O6S/c1-14(2)35-17-5-7-18(8-6-17)36(32,33)28-13-16(11-22(28)24(26)34-3)29-21-10-15(25)4-9-19(21)20(27-29)12-23(30)31/h4-10,14,16,22,24H,11-13,26H2,1-3H3,(H,30,31)/t16-,22+,24?/m1/s1. The molecular formula is C24H29FN4O6S. The van der Waals surface area contributed by atoms with Crippen molar-refractivity contribution in [1.29, 1.82) is 0 Å². The predicted octanol–water partition coefficient (Wildman–Crippen LogP) is 2.53. The van der Waals surface area contributed by atoms with Gasteiger partial charge in [-0.15, -0.1) is 0 Å². The van der Waals surface area contributed by atoms with Gasteiger partial charge in [0.1, 0.15) is 17.8 Å². The van der Waals surface area contributed by atoms with E-state index in [1.165, 1.54) is 46.4 Å². The van der Waals surface area contributed by atoms with E-state index in [0.717, 1.165) is 0 Å². The zero-order valence-electron chi connectivity index (χ0n) is 20.2. The van der Waals surface area contributed by atoms with E-state index in [4.69, 9.17) is 15.2 Å². The number of carbonyl (C=O) groups is 1. The van der Waals surface area contributed by atoms with Crippen molar-refractivity contribution >= 4 is 26.9 Å². The van der Waals surface area contributed by atoms with Crippen LogP contribution in [0.4, 0.5) is 4.39 Å². The smallest absolute Gasteiger partial charge is 0.309 e. The van der Waals surface area contributed by atoms with Crippen LogP contribution in [0.2, 0.25) is 0 Å². The Hall–Kier alpha value is -3.06. The van der Waals surface area contributed by atoms with Crippen LogP contribution in [-0.2, 0) is 26.0 Å². The Balaban J connectivity index is 1.72. The molecule has 10 nitrogen and oxygen atoms in total. The zero-order chi connectivity index (χ0) is 26.2. The molecule has 0 radical (unpaired) electrons. The Morgan fingerprint density at radius 2 is 1.94 bits per heavy atom. The van der Waals surface area contributed by atoms with Gasteiger partial charge in [0.2, 0.25) is 10.0 Å². The lowest BCUT2D eigenvalue weighted by atomic mass is 10.1. The molecule has 0 amide bonds. The topological polar surface area (TPSA) is 137 Å². The lowest BCUT2D eigenvalue weighted by molar-refractivity contribution is -0.136. The second kappa shape index (κ2) is 10.1. The number of carboxylic acid groups (broad SMARTS) is 1. The average molecular weight is 521 g/mol. The summed E-state index contributed by atoms with van der Waals surface area (Å²) in [6.45, 7) is 3.74. The number of methoxy groups -OCH3 is 1. The van der Waals surface area contributed by atoms with Crippen LogP contribution in [0.3, 0.4) is 0 Å². The van der Waals surface area contributed by atoms with Crippen molar-refractivity contribution in [3.63, 3.8) is 0 Å². The van der Waals surface area contributed by atoms with E-state index in [1.807, 2.05) is 13.8 Å². The third-order valence-corrected chi connectivity index (χ3v) is 8.04. The van der Waals surface area contributed by atoms with Crippen LogP contribution < -0.4 is 10.5 Å². The van der Waals surface area contributed by atoms with Gasteiger partial charge in [-0.25, -0.2) is 12.8 Å². The molecule has 1 fully saturated rings. The maximum absolute atomic E-state index is 14.1. The van der Waals surface area contributed by atoms with Crippen molar-refractivity contribution < 1.29 is 32.2 Å². The number of aliphatic carboxylic acids is 1. The Kier molecular flexibility index (Phi) is 7.32. The van der Waals surface area contributed by atoms with E-state index < -0.39 is 40.1 Å². The Morgan fingerprint density at radius 1 is 1.25 bits per heavy atom. The minimum absolute atomic E-state index is 0.00584. The summed E-state index contributed by atoms with van der Waals surface area (Å²) >= 11 is 0. The van der Waals surface area contributed by atoms with Crippen molar-refractivity contribution in [1.82, 2.24) is 14.1 Å². The lowest BCUT2D eigenvalue weighted by Gasteiger charge is -2.27. The Morgan fingerprint density at radius 3 is 2.56 bits per heavy atom. The van der Waals surface area contributed by atoms with Gasteiger partial charge in [0.15, 0.2) is 0 Å². The number of rotatable bonds is 9. The molecule has 1 aliphatic heterocycles. The minimum atomic E-state index is -3.99. The first-order valence-corrected chi connectivity index (χ1v) is 12.9. The molecule has 12 heteroatoms. The van der Waals surface area contributed by atoms with Crippen molar-refractivity contribution in [3.05, 3.63) is 54.0 Å². The number of ether oxygens (including phenoxy) is 2. The highest BCUT2D eigenvalue weighted by atomic mass is 32.2. The van der Waals surface area contributed by atoms with Gasteiger partial charge >= 0.3 is 5.97 Å². The van der Waals surface area contributed by atoms with Gasteiger partial charge in [-0.05, 0) is 62.7 Å². The fourth-order valence-electron chi connectivity index (χ4n) is 4.55. The number of halogens is 1. The maximum Gasteiger partial charge on any atom is 0.309 e. The highest BCUT2D eigenvalue weighted by molar-refractivity contribution is 7.89. The number of aromatic nitrogens is 2. The summed E-state index contributed by atoms with van der Waals surface area (Å²) in [4.78, 5) is 11.4. The molecule has 0 bridgehead atoms. The van der Waals surface area contributed by atoms with Crippen LogP contribution in [0.1, 0.15) is 32.0 Å².